The topological polar surface area (TPSA) is 0 Å². The molecule has 0 aromatic carbocycles. The predicted octanol–water partition coefficient (Wildman–Crippen LogP) is -0.924. The molecule has 0 nitrogen and oxygen atoms in total. The van der Waals surface area contributed by atoms with Crippen LogP contribution in [-0.2, 0) is 52.1 Å². The SMILES string of the molecule is [Fe].[Ti][SiH2][Fe]. The van der Waals surface area contributed by atoms with Gasteiger partial charge in [-0.05, 0) is 0 Å². The molecule has 4 heteroatoms. The van der Waals surface area contributed by atoms with Crippen LogP contribution in [0.15, 0.2) is 0 Å². The zero-order valence-corrected chi connectivity index (χ0v) is 7.10. The third-order valence-corrected chi connectivity index (χ3v) is 0. The molecule has 0 heterocycles. The average molecular weight is 190 g/mol. The van der Waals surface area contributed by atoms with E-state index in [1.807, 2.05) is 0 Å². The molecule has 0 saturated carbocycles. The van der Waals surface area contributed by atoms with Crippen molar-refractivity contribution >= 4 is 5.99 Å². The van der Waals surface area contributed by atoms with Crippen LogP contribution >= 0.6 is 0 Å². The summed E-state index contributed by atoms with van der Waals surface area (Å²) in [6.07, 6.45) is 0. The summed E-state index contributed by atoms with van der Waals surface area (Å²) in [5, 5.41) is 0. The van der Waals surface area contributed by atoms with E-state index in [1.165, 1.54) is 0 Å². The Bertz CT molecular complexity index is 6.00. The second kappa shape index (κ2) is 8.88. The van der Waals surface area contributed by atoms with Crippen molar-refractivity contribution in [2.24, 2.45) is 0 Å². The van der Waals surface area contributed by atoms with Gasteiger partial charge in [0.15, 0.2) is 0 Å². The van der Waals surface area contributed by atoms with Crippen LogP contribution in [0, 0.1) is 0 Å². The summed E-state index contributed by atoms with van der Waals surface area (Å²) >= 11 is 5.78. The van der Waals surface area contributed by atoms with Crippen molar-refractivity contribution in [3.05, 3.63) is 0 Å². The van der Waals surface area contributed by atoms with Gasteiger partial charge in [0.25, 0.3) is 0 Å². The molecule has 0 fully saturated rings. The fourth-order valence-electron chi connectivity index (χ4n) is 0. The number of hydrogen-bond acceptors (Lipinski definition) is 0. The molecule has 0 unspecified atom stereocenters. The maximum atomic E-state index is 3.62. The van der Waals surface area contributed by atoms with E-state index in [2.05, 4.69) is 35.1 Å². The first-order valence-corrected chi connectivity index (χ1v) is 7.47. The summed E-state index contributed by atoms with van der Waals surface area (Å²) in [6.45, 7) is 0. The molecule has 0 atom stereocenters. The van der Waals surface area contributed by atoms with E-state index in [0.717, 1.165) is 0 Å². The maximum absolute atomic E-state index is 3.62. The monoisotopic (exact) mass is 190 g/mol. The van der Waals surface area contributed by atoms with E-state index in [9.17, 15) is 0 Å². The van der Waals surface area contributed by atoms with Gasteiger partial charge in [0.1, 0.15) is 0 Å². The molecular weight excluding hydrogens is 188 g/mol. The molecule has 4 heavy (non-hydrogen) atoms. The van der Waals surface area contributed by atoms with Crippen molar-refractivity contribution < 1.29 is 52.1 Å². The first kappa shape index (κ1) is 9.36. The first-order chi connectivity index (χ1) is 1.41. The summed E-state index contributed by atoms with van der Waals surface area (Å²) in [7, 11) is 0. The van der Waals surface area contributed by atoms with Gasteiger partial charge in [0.2, 0.25) is 0 Å². The van der Waals surface area contributed by atoms with Crippen LogP contribution in [0.5, 0.6) is 0 Å². The van der Waals surface area contributed by atoms with E-state index in [0.29, 0.717) is 0 Å². The third kappa shape index (κ3) is 9.02. The summed E-state index contributed by atoms with van der Waals surface area (Å²) in [6, 6.07) is 0. The Kier molecular flexibility index (Phi) is 20.8. The molecule has 0 bridgehead atoms. The second-order valence-corrected chi connectivity index (χ2v) is 6.37. The molecule has 0 rings (SSSR count). The van der Waals surface area contributed by atoms with E-state index >= 15 is 0 Å². The molecule has 0 aliphatic carbocycles. The van der Waals surface area contributed by atoms with Gasteiger partial charge in [-0.3, -0.25) is 0 Å². The molecule has 0 amide bonds. The van der Waals surface area contributed by atoms with Gasteiger partial charge in [-0.2, -0.15) is 0 Å². The zero-order valence-electron chi connectivity index (χ0n) is 1.91. The van der Waals surface area contributed by atoms with Crippen LogP contribution in [0.3, 0.4) is 0 Å². The normalized spacial score (nSPS) is 7.00. The quantitative estimate of drug-likeness (QED) is 0.433. The fraction of sp³-hybridized carbons (Fsp3) is 0. The molecule has 0 N–H and O–H groups in total. The van der Waals surface area contributed by atoms with Gasteiger partial charge in [-0.15, -0.1) is 0 Å². The van der Waals surface area contributed by atoms with Gasteiger partial charge in [-0.25, -0.2) is 0 Å². The van der Waals surface area contributed by atoms with E-state index in [1.54, 1.807) is 0 Å². The van der Waals surface area contributed by atoms with Crippen molar-refractivity contribution in [1.82, 2.24) is 0 Å². The van der Waals surface area contributed by atoms with E-state index in [-0.39, 0.29) is 23.1 Å². The molecule has 0 radical (unpaired) electrons. The summed E-state index contributed by atoms with van der Waals surface area (Å²) in [5.74, 6) is 0.167. The van der Waals surface area contributed by atoms with Gasteiger partial charge in [0.05, 0.1) is 0 Å². The third-order valence-electron chi connectivity index (χ3n) is 0. The number of rotatable bonds is 0. The van der Waals surface area contributed by atoms with Crippen LogP contribution in [0.2, 0.25) is 0 Å². The second-order valence-electron chi connectivity index (χ2n) is 0.125. The van der Waals surface area contributed by atoms with Crippen LogP contribution in [0.25, 0.3) is 0 Å². The van der Waals surface area contributed by atoms with Crippen LogP contribution in [0.4, 0.5) is 0 Å². The average Bonchev–Trinajstić information content (AvgIpc) is 0.918. The molecule has 26 valence electrons. The number of hydrogen-bond donors (Lipinski definition) is 0. The van der Waals surface area contributed by atoms with Crippen molar-refractivity contribution in [2.45, 2.75) is 0 Å². The summed E-state index contributed by atoms with van der Waals surface area (Å²) < 4.78 is 0. The Hall–Kier alpha value is 1.97. The van der Waals surface area contributed by atoms with Crippen LogP contribution in [-0.4, -0.2) is 5.99 Å². The Balaban J connectivity index is 0. The van der Waals surface area contributed by atoms with Crippen molar-refractivity contribution in [2.75, 3.05) is 0 Å². The molecule has 0 aliphatic rings. The molecule has 0 aromatic heterocycles. The summed E-state index contributed by atoms with van der Waals surface area (Å²) in [5.41, 5.74) is 0. The van der Waals surface area contributed by atoms with Crippen molar-refractivity contribution in [3.8, 4) is 0 Å². The molecule has 0 aromatic rings. The molecule has 0 spiro atoms. The summed E-state index contributed by atoms with van der Waals surface area (Å²) in [4.78, 5) is 0. The molecule has 0 aliphatic heterocycles. The minimum atomic E-state index is 0. The van der Waals surface area contributed by atoms with Crippen LogP contribution in [0.1, 0.15) is 0 Å². The molecule has 0 saturated heterocycles. The predicted molar refractivity (Wildman–Crippen MR) is 8.54 cm³/mol. The van der Waals surface area contributed by atoms with Gasteiger partial charge in [0, 0.05) is 17.1 Å². The van der Waals surface area contributed by atoms with E-state index in [4.69, 9.17) is 0 Å². The molecular formula is H2Fe2SiTi. The Labute approximate surface area is 57.6 Å². The van der Waals surface area contributed by atoms with Gasteiger partial charge < -0.3 is 0 Å². The first-order valence-electron chi connectivity index (χ1n) is 0.604. The van der Waals surface area contributed by atoms with Crippen molar-refractivity contribution in [1.29, 1.82) is 0 Å². The van der Waals surface area contributed by atoms with Crippen LogP contribution < -0.4 is 0 Å². The van der Waals surface area contributed by atoms with Gasteiger partial charge in [-0.1, -0.05) is 0 Å². The standard InChI is InChI=1S/2Fe.H2Si.Ti/h;;1H2;. The van der Waals surface area contributed by atoms with Gasteiger partial charge >= 0.3 is 41.1 Å². The van der Waals surface area contributed by atoms with Crippen molar-refractivity contribution in [3.63, 3.8) is 0 Å². The zero-order chi connectivity index (χ0) is 2.71. The van der Waals surface area contributed by atoms with E-state index < -0.39 is 0 Å². The fourth-order valence-corrected chi connectivity index (χ4v) is 0. The Morgan fingerprint density at radius 1 is 1.75 bits per heavy atom. The minimum absolute atomic E-state index is 0. The Morgan fingerprint density at radius 3 is 1.75 bits per heavy atom. The Morgan fingerprint density at radius 2 is 1.75 bits per heavy atom.